The lowest BCUT2D eigenvalue weighted by atomic mass is 9.63. The maximum atomic E-state index is 5.82. The smallest absolute Gasteiger partial charge is 0.0197 e. The molecule has 1 aliphatic carbocycles. The highest BCUT2D eigenvalue weighted by Gasteiger charge is 2.35. The predicted octanol–water partition coefficient (Wildman–Crippen LogP) is 3.92. The zero-order chi connectivity index (χ0) is 11.0. The molecule has 0 aromatic heterocycles. The zero-order valence-electron chi connectivity index (χ0n) is 10.8. The fraction of sp³-hybridized carbons (Fsp3) is 0.846. The van der Waals surface area contributed by atoms with Gasteiger partial charge in [-0.05, 0) is 37.0 Å². The molecule has 0 spiro atoms. The Balaban J connectivity index is 0.00000196. The van der Waals surface area contributed by atoms with Crippen LogP contribution in [0.1, 0.15) is 53.9 Å². The molecule has 1 nitrogen and oxygen atoms in total. The fourth-order valence-electron chi connectivity index (χ4n) is 3.20. The molecule has 90 valence electrons. The Bertz CT molecular complexity index is 221. The van der Waals surface area contributed by atoms with Crippen LogP contribution in [0.15, 0.2) is 11.6 Å². The summed E-state index contributed by atoms with van der Waals surface area (Å²) in [5.41, 5.74) is 8.27. The molecule has 0 aromatic rings. The van der Waals surface area contributed by atoms with Crippen LogP contribution in [0.4, 0.5) is 0 Å². The summed E-state index contributed by atoms with van der Waals surface area (Å²) >= 11 is 0. The van der Waals surface area contributed by atoms with Crippen molar-refractivity contribution in [2.75, 3.05) is 0 Å². The summed E-state index contributed by atoms with van der Waals surface area (Å²) in [6.45, 7) is 11.5. The fourth-order valence-corrected chi connectivity index (χ4v) is 3.20. The molecular formula is C13H26ClN. The molecule has 0 heterocycles. The highest BCUT2D eigenvalue weighted by Crippen LogP contribution is 2.47. The molecule has 0 bridgehead atoms. The molecule has 1 atom stereocenters. The largest absolute Gasteiger partial charge is 0.325 e. The molecule has 15 heavy (non-hydrogen) atoms. The molecule has 1 saturated carbocycles. The molecule has 1 unspecified atom stereocenters. The van der Waals surface area contributed by atoms with Crippen LogP contribution < -0.4 is 5.73 Å². The van der Waals surface area contributed by atoms with Crippen molar-refractivity contribution in [1.29, 1.82) is 0 Å². The highest BCUT2D eigenvalue weighted by atomic mass is 35.5. The van der Waals surface area contributed by atoms with E-state index in [0.717, 1.165) is 0 Å². The second-order valence-corrected chi connectivity index (χ2v) is 6.54. The molecule has 0 aliphatic heterocycles. The lowest BCUT2D eigenvalue weighted by Crippen LogP contribution is -2.30. The molecule has 0 amide bonds. The minimum atomic E-state index is 0. The molecule has 2 heteroatoms. The van der Waals surface area contributed by atoms with E-state index >= 15 is 0 Å². The van der Waals surface area contributed by atoms with E-state index < -0.39 is 0 Å². The zero-order valence-corrected chi connectivity index (χ0v) is 11.6. The molecule has 1 fully saturated rings. The van der Waals surface area contributed by atoms with E-state index in [0.29, 0.717) is 10.8 Å². The predicted molar refractivity (Wildman–Crippen MR) is 70.4 cm³/mol. The lowest BCUT2D eigenvalue weighted by Gasteiger charge is -2.42. The van der Waals surface area contributed by atoms with Gasteiger partial charge >= 0.3 is 0 Å². The molecule has 0 saturated heterocycles. The van der Waals surface area contributed by atoms with E-state index in [1.807, 2.05) is 0 Å². The average molecular weight is 232 g/mol. The van der Waals surface area contributed by atoms with E-state index in [1.54, 1.807) is 5.57 Å². The third-order valence-electron chi connectivity index (χ3n) is 2.87. The van der Waals surface area contributed by atoms with Gasteiger partial charge in [-0.1, -0.05) is 39.3 Å². The van der Waals surface area contributed by atoms with Gasteiger partial charge in [-0.25, -0.2) is 0 Å². The molecule has 0 radical (unpaired) electrons. The quantitative estimate of drug-likeness (QED) is 0.681. The summed E-state index contributed by atoms with van der Waals surface area (Å²) in [6.07, 6.45) is 6.01. The number of allylic oxidation sites excluding steroid dienone is 1. The molecule has 1 aliphatic rings. The summed E-state index contributed by atoms with van der Waals surface area (Å²) in [5.74, 6) is 0. The van der Waals surface area contributed by atoms with Crippen LogP contribution in [0.5, 0.6) is 0 Å². The summed E-state index contributed by atoms with van der Waals surface area (Å²) in [7, 11) is 0. The van der Waals surface area contributed by atoms with Gasteiger partial charge in [0.25, 0.3) is 0 Å². The normalized spacial score (nSPS) is 25.3. The van der Waals surface area contributed by atoms with Crippen molar-refractivity contribution in [1.82, 2.24) is 0 Å². The van der Waals surface area contributed by atoms with Crippen molar-refractivity contribution in [3.8, 4) is 0 Å². The summed E-state index contributed by atoms with van der Waals surface area (Å²) in [6, 6.07) is 0.203. The van der Waals surface area contributed by atoms with E-state index in [4.69, 9.17) is 5.73 Å². The van der Waals surface area contributed by atoms with Crippen molar-refractivity contribution in [3.63, 3.8) is 0 Å². The van der Waals surface area contributed by atoms with Gasteiger partial charge in [0.05, 0.1) is 0 Å². The summed E-state index contributed by atoms with van der Waals surface area (Å²) in [4.78, 5) is 0. The molecular weight excluding hydrogens is 206 g/mol. The second-order valence-electron chi connectivity index (χ2n) is 6.54. The number of hydrogen-bond donors (Lipinski definition) is 1. The van der Waals surface area contributed by atoms with E-state index in [1.165, 1.54) is 19.3 Å². The average Bonchev–Trinajstić information content (AvgIpc) is 1.74. The number of nitrogens with two attached hydrogens (primary N) is 1. The van der Waals surface area contributed by atoms with Crippen molar-refractivity contribution in [3.05, 3.63) is 11.6 Å². The van der Waals surface area contributed by atoms with Gasteiger partial charge < -0.3 is 5.73 Å². The Morgan fingerprint density at radius 3 is 1.87 bits per heavy atom. The first-order valence-corrected chi connectivity index (χ1v) is 5.65. The Morgan fingerprint density at radius 2 is 1.53 bits per heavy atom. The van der Waals surface area contributed by atoms with Crippen LogP contribution in [-0.2, 0) is 0 Å². The first-order valence-electron chi connectivity index (χ1n) is 5.65. The molecule has 0 aromatic carbocycles. The SMILES string of the molecule is CC(N)C=C1CC(C)(C)CC(C)(C)C1.Cl. The minimum Gasteiger partial charge on any atom is -0.325 e. The van der Waals surface area contributed by atoms with Crippen molar-refractivity contribution >= 4 is 12.4 Å². The van der Waals surface area contributed by atoms with Gasteiger partial charge in [0.1, 0.15) is 0 Å². The first-order chi connectivity index (χ1) is 6.20. The van der Waals surface area contributed by atoms with Gasteiger partial charge in [0.2, 0.25) is 0 Å². The minimum absolute atomic E-state index is 0. The van der Waals surface area contributed by atoms with Crippen molar-refractivity contribution in [2.24, 2.45) is 16.6 Å². The Hall–Kier alpha value is -0.0100. The van der Waals surface area contributed by atoms with Crippen LogP contribution in [0.2, 0.25) is 0 Å². The van der Waals surface area contributed by atoms with Crippen molar-refractivity contribution in [2.45, 2.75) is 59.9 Å². The van der Waals surface area contributed by atoms with Gasteiger partial charge in [0, 0.05) is 6.04 Å². The van der Waals surface area contributed by atoms with Gasteiger partial charge in [-0.3, -0.25) is 0 Å². The second kappa shape index (κ2) is 4.88. The topological polar surface area (TPSA) is 26.0 Å². The van der Waals surface area contributed by atoms with Crippen LogP contribution in [-0.4, -0.2) is 6.04 Å². The third kappa shape index (κ3) is 5.03. The van der Waals surface area contributed by atoms with Gasteiger partial charge in [-0.15, -0.1) is 12.4 Å². The number of hydrogen-bond acceptors (Lipinski definition) is 1. The van der Waals surface area contributed by atoms with Gasteiger partial charge in [-0.2, -0.15) is 0 Å². The summed E-state index contributed by atoms with van der Waals surface area (Å²) < 4.78 is 0. The number of halogens is 1. The van der Waals surface area contributed by atoms with Crippen LogP contribution >= 0.6 is 12.4 Å². The molecule has 1 rings (SSSR count). The van der Waals surface area contributed by atoms with Crippen LogP contribution in [0.3, 0.4) is 0 Å². The maximum absolute atomic E-state index is 5.82. The summed E-state index contributed by atoms with van der Waals surface area (Å²) in [5, 5.41) is 0. The van der Waals surface area contributed by atoms with Crippen LogP contribution in [0, 0.1) is 10.8 Å². The first kappa shape index (κ1) is 15.0. The third-order valence-corrected chi connectivity index (χ3v) is 2.87. The highest BCUT2D eigenvalue weighted by molar-refractivity contribution is 5.85. The van der Waals surface area contributed by atoms with E-state index in [-0.39, 0.29) is 18.4 Å². The van der Waals surface area contributed by atoms with E-state index in [9.17, 15) is 0 Å². The maximum Gasteiger partial charge on any atom is 0.0197 e. The lowest BCUT2D eigenvalue weighted by molar-refractivity contribution is 0.153. The monoisotopic (exact) mass is 231 g/mol. The Labute approximate surface area is 101 Å². The Morgan fingerprint density at radius 1 is 1.13 bits per heavy atom. The van der Waals surface area contributed by atoms with E-state index in [2.05, 4.69) is 40.7 Å². The van der Waals surface area contributed by atoms with Crippen LogP contribution in [0.25, 0.3) is 0 Å². The number of rotatable bonds is 1. The van der Waals surface area contributed by atoms with Gasteiger partial charge in [0.15, 0.2) is 0 Å². The van der Waals surface area contributed by atoms with Crippen molar-refractivity contribution < 1.29 is 0 Å². The standard InChI is InChI=1S/C13H25N.ClH/c1-10(14)6-11-7-12(2,3)9-13(4,5)8-11;/h6,10H,7-9,14H2,1-5H3;1H. The molecule has 2 N–H and O–H groups in total. The Kier molecular flexibility index (Phi) is 4.88.